The third kappa shape index (κ3) is 6.74. The molecule has 2 heteroatoms. The molecule has 0 bridgehead atoms. The molecule has 1 nitrogen and oxygen atoms in total. The zero-order valence-corrected chi connectivity index (χ0v) is 10.1. The summed E-state index contributed by atoms with van der Waals surface area (Å²) in [7, 11) is 0. The fraction of sp³-hybridized carbons (Fsp3) is 1.00. The van der Waals surface area contributed by atoms with Crippen molar-refractivity contribution < 1.29 is 20.4 Å². The molecule has 63 valence electrons. The molecule has 0 aliphatic rings. The van der Waals surface area contributed by atoms with Crippen molar-refractivity contribution in [3.05, 3.63) is 5.32 Å². The molecule has 0 aromatic heterocycles. The summed E-state index contributed by atoms with van der Waals surface area (Å²) >= 11 is 0. The molecule has 0 rings (SSSR count). The fourth-order valence-electron chi connectivity index (χ4n) is 0.544. The van der Waals surface area contributed by atoms with Gasteiger partial charge in [0.05, 0.1) is 0 Å². The van der Waals surface area contributed by atoms with Crippen LogP contribution in [0.15, 0.2) is 0 Å². The Morgan fingerprint density at radius 3 is 2.00 bits per heavy atom. The minimum absolute atomic E-state index is 0. The Hall–Kier alpha value is 0.622. The molecule has 0 spiro atoms. The maximum absolute atomic E-state index is 4.29. The average molecular weight is 314 g/mol. The summed E-state index contributed by atoms with van der Waals surface area (Å²) in [4.78, 5) is 0. The Morgan fingerprint density at radius 2 is 1.70 bits per heavy atom. The van der Waals surface area contributed by atoms with Gasteiger partial charge >= 0.3 is 0 Å². The van der Waals surface area contributed by atoms with E-state index in [9.17, 15) is 0 Å². The van der Waals surface area contributed by atoms with E-state index in [2.05, 4.69) is 33.0 Å². The maximum atomic E-state index is 4.29. The number of hydrogen-bond acceptors (Lipinski definition) is 0. The van der Waals surface area contributed by atoms with Gasteiger partial charge in [-0.3, -0.25) is 0 Å². The Morgan fingerprint density at radius 1 is 1.20 bits per heavy atom. The van der Waals surface area contributed by atoms with Crippen LogP contribution in [0.25, 0.3) is 5.32 Å². The Balaban J connectivity index is 0. The third-order valence-corrected chi connectivity index (χ3v) is 1.78. The molecule has 0 aromatic rings. The van der Waals surface area contributed by atoms with Crippen LogP contribution in [-0.2, 0) is 20.4 Å². The van der Waals surface area contributed by atoms with Gasteiger partial charge in [0.1, 0.15) is 0 Å². The summed E-state index contributed by atoms with van der Waals surface area (Å²) in [5, 5.41) is 4.29. The van der Waals surface area contributed by atoms with Gasteiger partial charge in [-0.15, -0.1) is 6.54 Å². The van der Waals surface area contributed by atoms with Gasteiger partial charge in [0.2, 0.25) is 0 Å². The minimum Gasteiger partial charge on any atom is -0.662 e. The molecule has 1 unspecified atom stereocenters. The molecule has 10 heavy (non-hydrogen) atoms. The second-order valence-electron chi connectivity index (χ2n) is 2.94. The van der Waals surface area contributed by atoms with Gasteiger partial charge in [-0.25, -0.2) is 0 Å². The maximum Gasteiger partial charge on any atom is 0 e. The van der Waals surface area contributed by atoms with Crippen LogP contribution in [-0.4, -0.2) is 13.1 Å². The topological polar surface area (TPSA) is 14.1 Å². The van der Waals surface area contributed by atoms with E-state index >= 15 is 0 Å². The van der Waals surface area contributed by atoms with Crippen LogP contribution < -0.4 is 0 Å². The summed E-state index contributed by atoms with van der Waals surface area (Å²) in [5.74, 6) is 1.53. The largest absolute Gasteiger partial charge is 0.662 e. The van der Waals surface area contributed by atoms with Crippen LogP contribution in [0.2, 0.25) is 0 Å². The molecule has 0 amide bonds. The summed E-state index contributed by atoms with van der Waals surface area (Å²) in [6.07, 6.45) is 0. The smallest absolute Gasteiger partial charge is 0 e. The molecule has 0 saturated carbocycles. The third-order valence-electron chi connectivity index (χ3n) is 1.78. The molecule has 1 atom stereocenters. The van der Waals surface area contributed by atoms with Gasteiger partial charge < -0.3 is 5.32 Å². The summed E-state index contributed by atoms with van der Waals surface area (Å²) in [6, 6.07) is 0. The van der Waals surface area contributed by atoms with Gasteiger partial charge in [-0.05, 0) is 5.92 Å². The van der Waals surface area contributed by atoms with E-state index in [4.69, 9.17) is 0 Å². The number of nitrogens with zero attached hydrogens (tertiary/aromatic N) is 1. The first-order valence-electron chi connectivity index (χ1n) is 3.81. The van der Waals surface area contributed by atoms with Crippen molar-refractivity contribution in [1.82, 2.24) is 0 Å². The quantitative estimate of drug-likeness (QED) is 0.757. The van der Waals surface area contributed by atoms with E-state index < -0.39 is 0 Å². The van der Waals surface area contributed by atoms with Crippen molar-refractivity contribution >= 4 is 0 Å². The Bertz CT molecular complexity index is 64.3. The van der Waals surface area contributed by atoms with E-state index in [1.807, 2.05) is 0 Å². The first-order valence-corrected chi connectivity index (χ1v) is 3.81. The molecule has 0 aliphatic heterocycles. The first kappa shape index (κ1) is 13.2. The van der Waals surface area contributed by atoms with Gasteiger partial charge in [0, 0.05) is 20.4 Å². The Labute approximate surface area is 78.6 Å². The molecule has 1 radical (unpaired) electrons. The van der Waals surface area contributed by atoms with E-state index in [0.717, 1.165) is 24.9 Å². The number of hydrogen-bond donors (Lipinski definition) is 0. The van der Waals surface area contributed by atoms with Crippen molar-refractivity contribution in [1.29, 1.82) is 0 Å². The van der Waals surface area contributed by atoms with Gasteiger partial charge in [-0.1, -0.05) is 33.6 Å². The average Bonchev–Trinajstić information content (AvgIpc) is 1.82. The van der Waals surface area contributed by atoms with Gasteiger partial charge in [0.25, 0.3) is 0 Å². The monoisotopic (exact) mass is 315 g/mol. The van der Waals surface area contributed by atoms with Crippen LogP contribution >= 0.6 is 0 Å². The standard InChI is InChI=1S/C8H18N.Re/c1-5-9-6-8(4)7(2)3;/h7-8H,5-6H2,1-4H3;/q-1;. The van der Waals surface area contributed by atoms with E-state index in [0.29, 0.717) is 0 Å². The van der Waals surface area contributed by atoms with E-state index in [1.165, 1.54) is 0 Å². The zero-order chi connectivity index (χ0) is 7.28. The number of rotatable bonds is 4. The molecule has 0 fully saturated rings. The van der Waals surface area contributed by atoms with E-state index in [-0.39, 0.29) is 20.4 Å². The van der Waals surface area contributed by atoms with Gasteiger partial charge in [0.15, 0.2) is 0 Å². The molecule has 0 heterocycles. The normalized spacial score (nSPS) is 12.9. The van der Waals surface area contributed by atoms with Crippen molar-refractivity contribution in [3.63, 3.8) is 0 Å². The molecule has 0 N–H and O–H groups in total. The Kier molecular flexibility index (Phi) is 10.2. The SMILES string of the molecule is CC[N-]CC(C)C(C)C.[Re]. The predicted octanol–water partition coefficient (Wildman–Crippen LogP) is 2.67. The van der Waals surface area contributed by atoms with Crippen molar-refractivity contribution in [2.45, 2.75) is 27.7 Å². The van der Waals surface area contributed by atoms with Crippen LogP contribution in [0.5, 0.6) is 0 Å². The van der Waals surface area contributed by atoms with Crippen LogP contribution in [0, 0.1) is 11.8 Å². The van der Waals surface area contributed by atoms with E-state index in [1.54, 1.807) is 0 Å². The minimum atomic E-state index is 0. The summed E-state index contributed by atoms with van der Waals surface area (Å²) in [6.45, 7) is 10.8. The first-order chi connectivity index (χ1) is 4.18. The second-order valence-corrected chi connectivity index (χ2v) is 2.94. The molecular formula is C8H18NRe-. The molecule has 0 saturated heterocycles. The zero-order valence-electron chi connectivity index (χ0n) is 7.39. The molecule has 0 aromatic carbocycles. The van der Waals surface area contributed by atoms with Crippen LogP contribution in [0.1, 0.15) is 27.7 Å². The van der Waals surface area contributed by atoms with Crippen molar-refractivity contribution in [3.8, 4) is 0 Å². The van der Waals surface area contributed by atoms with Gasteiger partial charge in [-0.2, -0.15) is 6.54 Å². The van der Waals surface area contributed by atoms with Crippen LogP contribution in [0.4, 0.5) is 0 Å². The fourth-order valence-corrected chi connectivity index (χ4v) is 0.544. The molecule has 0 aliphatic carbocycles. The predicted molar refractivity (Wildman–Crippen MR) is 42.8 cm³/mol. The summed E-state index contributed by atoms with van der Waals surface area (Å²) < 4.78 is 0. The van der Waals surface area contributed by atoms with Crippen LogP contribution in [0.3, 0.4) is 0 Å². The molecular weight excluding hydrogens is 296 g/mol. The summed E-state index contributed by atoms with van der Waals surface area (Å²) in [5.41, 5.74) is 0. The van der Waals surface area contributed by atoms with Crippen molar-refractivity contribution in [2.24, 2.45) is 11.8 Å². The van der Waals surface area contributed by atoms with Crippen molar-refractivity contribution in [2.75, 3.05) is 13.1 Å². The second kappa shape index (κ2) is 7.73.